The van der Waals surface area contributed by atoms with Gasteiger partial charge in [0.1, 0.15) is 0 Å². The molecule has 0 radical (unpaired) electrons. The molecular weight excluding hydrogens is 306 g/mol. The van der Waals surface area contributed by atoms with Gasteiger partial charge in [0.15, 0.2) is 0 Å². The number of rotatable bonds is 7. The molecule has 0 spiro atoms. The van der Waals surface area contributed by atoms with Gasteiger partial charge in [0.2, 0.25) is 0 Å². The van der Waals surface area contributed by atoms with E-state index in [-0.39, 0.29) is 54.2 Å². The first-order chi connectivity index (χ1) is 8.68. The van der Waals surface area contributed by atoms with Gasteiger partial charge in [-0.3, -0.25) is 0 Å². The molecule has 0 amide bonds. The molecule has 0 atom stereocenters. The molecule has 20 heavy (non-hydrogen) atoms. The second-order valence-corrected chi connectivity index (χ2v) is 5.14. The van der Waals surface area contributed by atoms with Crippen LogP contribution in [0.3, 0.4) is 0 Å². The average molecular weight is 334 g/mol. The van der Waals surface area contributed by atoms with Crippen molar-refractivity contribution in [2.75, 3.05) is 20.6 Å². The maximum Gasteiger partial charge on any atom is 1.00 e. The Hall–Kier alpha value is 1.20. The first-order valence-corrected chi connectivity index (χ1v) is 7.83. The Morgan fingerprint density at radius 3 is 1.70 bits per heavy atom. The number of phosphoric acid groups is 1. The normalized spacial score (nSPS) is 9.35. The van der Waals surface area contributed by atoms with E-state index in [1.165, 1.54) is 52.0 Å². The fraction of sp³-hybridized carbons (Fsp3) is 0.917. The van der Waals surface area contributed by atoms with Crippen LogP contribution in [0.25, 0.3) is 0 Å². The van der Waals surface area contributed by atoms with Crippen LogP contribution in [0.1, 0.15) is 55.2 Å². The van der Waals surface area contributed by atoms with E-state index in [0.717, 1.165) is 0 Å². The minimum Gasteiger partial charge on any atom is -0.822 e. The van der Waals surface area contributed by atoms with Crippen molar-refractivity contribution in [1.29, 1.82) is 5.26 Å². The Bertz CT molecular complexity index is 256. The summed E-state index contributed by atoms with van der Waals surface area (Å²) in [6, 6.07) is 1.75. The second-order valence-electron chi connectivity index (χ2n) is 4.24. The van der Waals surface area contributed by atoms with Crippen molar-refractivity contribution in [3.05, 3.63) is 0 Å². The van der Waals surface area contributed by atoms with Gasteiger partial charge in [0, 0.05) is 6.92 Å². The molecule has 0 unspecified atom stereocenters. The van der Waals surface area contributed by atoms with Crippen LogP contribution in [0.2, 0.25) is 0 Å². The zero-order valence-corrected chi connectivity index (χ0v) is 17.4. The molecule has 0 rings (SSSR count). The van der Waals surface area contributed by atoms with Crippen LogP contribution >= 0.6 is 7.82 Å². The third kappa shape index (κ3) is 75.2. The molecule has 0 aliphatic carbocycles. The molecule has 0 heterocycles. The molecule has 0 saturated heterocycles. The van der Waals surface area contributed by atoms with Gasteiger partial charge in [-0.25, -0.2) is 0 Å². The average Bonchev–Trinajstić information content (AvgIpc) is 2.21. The summed E-state index contributed by atoms with van der Waals surface area (Å²) >= 11 is 0. The van der Waals surface area contributed by atoms with Crippen molar-refractivity contribution in [2.24, 2.45) is 0 Å². The van der Waals surface area contributed by atoms with Gasteiger partial charge in [-0.05, 0) is 27.1 Å². The van der Waals surface area contributed by atoms with Crippen molar-refractivity contribution >= 4 is 7.82 Å². The van der Waals surface area contributed by atoms with E-state index < -0.39 is 7.82 Å². The van der Waals surface area contributed by atoms with Crippen LogP contribution in [0, 0.1) is 11.3 Å². The number of unbranched alkanes of at least 4 members (excludes halogenated alkanes) is 5. The third-order valence-corrected chi connectivity index (χ3v) is 1.96. The van der Waals surface area contributed by atoms with Crippen molar-refractivity contribution in [3.8, 4) is 6.07 Å². The van der Waals surface area contributed by atoms with Crippen LogP contribution in [0.4, 0.5) is 0 Å². The molecule has 116 valence electrons. The Morgan fingerprint density at radius 2 is 1.40 bits per heavy atom. The molecule has 0 aromatic rings. The van der Waals surface area contributed by atoms with Gasteiger partial charge in [0.25, 0.3) is 0 Å². The first kappa shape index (κ1) is 29.2. The quantitative estimate of drug-likeness (QED) is 0.298. The van der Waals surface area contributed by atoms with Crippen molar-refractivity contribution < 1.29 is 73.5 Å². The molecule has 0 saturated carbocycles. The van der Waals surface area contributed by atoms with E-state index in [9.17, 15) is 0 Å². The maximum atomic E-state index is 8.55. The zero-order chi connectivity index (χ0) is 15.7. The van der Waals surface area contributed by atoms with Gasteiger partial charge in [-0.2, -0.15) is 13.1 Å². The SMILES string of the molecule is CC#N.CCCCCCCCN(C)C.O=P([O-])([O-])[O-].[H+].[H+].[K+]. The monoisotopic (exact) mass is 334 g/mol. The Labute approximate surface area is 169 Å². The second kappa shape index (κ2) is 22.5. The standard InChI is InChI=1S/C10H23N.C2H3N.K.H3O4P/c1-4-5-6-7-8-9-10-11(2)3;1-2-3;;1-5(2,3)4/h4-10H2,1-3H3;1H3;;(H3,1,2,3,4)/q;;+1;/p-1. The first-order valence-electron chi connectivity index (χ1n) is 6.37. The summed E-state index contributed by atoms with van der Waals surface area (Å²) in [7, 11) is -1.10. The molecule has 0 aromatic carbocycles. The van der Waals surface area contributed by atoms with E-state index >= 15 is 0 Å². The van der Waals surface area contributed by atoms with Crippen LogP contribution in [-0.4, -0.2) is 25.5 Å². The number of hydrogen-bond donors (Lipinski definition) is 0. The van der Waals surface area contributed by atoms with E-state index in [0.29, 0.717) is 0 Å². The van der Waals surface area contributed by atoms with Gasteiger partial charge in [-0.1, -0.05) is 39.0 Å². The van der Waals surface area contributed by atoms with Crippen LogP contribution < -0.4 is 66.1 Å². The van der Waals surface area contributed by atoms with E-state index in [2.05, 4.69) is 25.9 Å². The Balaban J connectivity index is -0.0000000500. The summed E-state index contributed by atoms with van der Waals surface area (Å²) < 4.78 is 8.55. The van der Waals surface area contributed by atoms with Crippen LogP contribution in [-0.2, 0) is 4.57 Å². The molecule has 0 aromatic heterocycles. The number of nitrogens with zero attached hydrogens (tertiary/aromatic N) is 2. The summed E-state index contributed by atoms with van der Waals surface area (Å²) in [4.78, 5) is 27.9. The molecule has 0 fully saturated rings. The smallest absolute Gasteiger partial charge is 0.822 e. The van der Waals surface area contributed by atoms with Gasteiger partial charge in [0.05, 0.1) is 6.07 Å². The molecular formula is C12H28KN2O4P. The maximum absolute atomic E-state index is 8.55. The van der Waals surface area contributed by atoms with E-state index in [1.807, 2.05) is 0 Å². The summed E-state index contributed by atoms with van der Waals surface area (Å²) in [5.41, 5.74) is 0. The minimum absolute atomic E-state index is 0. The van der Waals surface area contributed by atoms with E-state index in [1.54, 1.807) is 6.07 Å². The van der Waals surface area contributed by atoms with Crippen molar-refractivity contribution in [2.45, 2.75) is 52.4 Å². The fourth-order valence-corrected chi connectivity index (χ4v) is 1.21. The Morgan fingerprint density at radius 1 is 1.10 bits per heavy atom. The topological polar surface area (TPSA) is 113 Å². The summed E-state index contributed by atoms with van der Waals surface area (Å²) in [6.07, 6.45) is 8.43. The summed E-state index contributed by atoms with van der Waals surface area (Å²) in [6.45, 7) is 4.95. The van der Waals surface area contributed by atoms with Crippen LogP contribution in [0.15, 0.2) is 0 Å². The zero-order valence-electron chi connectivity index (χ0n) is 15.4. The predicted octanol–water partition coefficient (Wildman–Crippen LogP) is -2.16. The van der Waals surface area contributed by atoms with Crippen molar-refractivity contribution in [1.82, 2.24) is 4.90 Å². The molecule has 8 heteroatoms. The van der Waals surface area contributed by atoms with Crippen LogP contribution in [0.5, 0.6) is 0 Å². The third-order valence-electron chi connectivity index (χ3n) is 1.96. The van der Waals surface area contributed by atoms with Gasteiger partial charge in [-0.15, -0.1) is 0 Å². The summed E-state index contributed by atoms with van der Waals surface area (Å²) in [5.74, 6) is 0. The fourth-order valence-electron chi connectivity index (χ4n) is 1.21. The van der Waals surface area contributed by atoms with Crippen molar-refractivity contribution in [3.63, 3.8) is 0 Å². The molecule has 0 aliphatic rings. The number of hydrogen-bond acceptors (Lipinski definition) is 6. The molecule has 6 nitrogen and oxygen atoms in total. The molecule has 0 aliphatic heterocycles. The number of nitriles is 1. The van der Waals surface area contributed by atoms with E-state index in [4.69, 9.17) is 24.5 Å². The summed E-state index contributed by atoms with van der Waals surface area (Å²) in [5, 5.41) is 7.32. The molecule has 0 bridgehead atoms. The molecule has 0 N–H and O–H groups in total. The minimum atomic E-state index is -5.39. The van der Waals surface area contributed by atoms with Gasteiger partial charge >= 0.3 is 54.2 Å². The predicted molar refractivity (Wildman–Crippen MR) is 73.0 cm³/mol. The largest absolute Gasteiger partial charge is 1.00 e. The Kier molecular flexibility index (Phi) is 32.9. The van der Waals surface area contributed by atoms with Gasteiger partial charge < -0.3 is 24.1 Å².